The van der Waals surface area contributed by atoms with E-state index in [1.54, 1.807) is 0 Å². The van der Waals surface area contributed by atoms with Crippen molar-refractivity contribution in [3.8, 4) is 0 Å². The van der Waals surface area contributed by atoms with Crippen LogP contribution in [-0.2, 0) is 4.79 Å². The highest BCUT2D eigenvalue weighted by molar-refractivity contribution is 7.99. The van der Waals surface area contributed by atoms with Crippen LogP contribution in [0.4, 0.5) is 0 Å². The van der Waals surface area contributed by atoms with Crippen LogP contribution in [0.15, 0.2) is 0 Å². The standard InChI is InChI=1S/C12H20N2OS/c15-12(10-7-16-8-13-10)14-6-5-9-3-1-2-4-11(9)14/h9-11,13H,1-8H2. The van der Waals surface area contributed by atoms with E-state index in [0.29, 0.717) is 11.9 Å². The van der Waals surface area contributed by atoms with Crippen LogP contribution in [-0.4, -0.2) is 41.1 Å². The van der Waals surface area contributed by atoms with Crippen LogP contribution in [0.2, 0.25) is 0 Å². The number of rotatable bonds is 1. The zero-order valence-electron chi connectivity index (χ0n) is 9.65. The summed E-state index contributed by atoms with van der Waals surface area (Å²) in [7, 11) is 0. The molecule has 3 nitrogen and oxygen atoms in total. The number of nitrogens with zero attached hydrogens (tertiary/aromatic N) is 1. The molecular formula is C12H20N2OS. The van der Waals surface area contributed by atoms with E-state index >= 15 is 0 Å². The van der Waals surface area contributed by atoms with Gasteiger partial charge in [-0.2, -0.15) is 0 Å². The van der Waals surface area contributed by atoms with Gasteiger partial charge in [0.25, 0.3) is 0 Å². The first-order valence-electron chi connectivity index (χ1n) is 6.48. The normalized spacial score (nSPS) is 38.8. The Bertz CT molecular complexity index is 278. The molecule has 2 saturated heterocycles. The summed E-state index contributed by atoms with van der Waals surface area (Å²) in [4.78, 5) is 14.5. The predicted octanol–water partition coefficient (Wildman–Crippen LogP) is 1.44. The summed E-state index contributed by atoms with van der Waals surface area (Å²) in [5, 5.41) is 3.30. The minimum atomic E-state index is 0.102. The molecule has 0 aromatic carbocycles. The maximum Gasteiger partial charge on any atom is 0.240 e. The van der Waals surface area contributed by atoms with Crippen molar-refractivity contribution in [1.82, 2.24) is 10.2 Å². The Labute approximate surface area is 101 Å². The molecule has 1 N–H and O–H groups in total. The molecule has 3 atom stereocenters. The molecule has 0 aromatic rings. The average Bonchev–Trinajstić information content (AvgIpc) is 2.98. The van der Waals surface area contributed by atoms with E-state index in [2.05, 4.69) is 10.2 Å². The summed E-state index contributed by atoms with van der Waals surface area (Å²) in [5.74, 6) is 3.09. The SMILES string of the molecule is O=C(C1CSCN1)N1CCC2CCCCC21. The number of thioether (sulfide) groups is 1. The summed E-state index contributed by atoms with van der Waals surface area (Å²) < 4.78 is 0. The van der Waals surface area contributed by atoms with Crippen molar-refractivity contribution in [2.75, 3.05) is 18.2 Å². The molecule has 1 saturated carbocycles. The molecule has 2 heterocycles. The van der Waals surface area contributed by atoms with Gasteiger partial charge in [0.2, 0.25) is 5.91 Å². The van der Waals surface area contributed by atoms with E-state index in [1.807, 2.05) is 11.8 Å². The molecular weight excluding hydrogens is 220 g/mol. The third-order valence-corrected chi connectivity index (χ3v) is 5.25. The lowest BCUT2D eigenvalue weighted by Crippen LogP contribution is -2.48. The second-order valence-electron chi connectivity index (χ2n) is 5.20. The quantitative estimate of drug-likeness (QED) is 0.753. The lowest BCUT2D eigenvalue weighted by atomic mass is 9.85. The van der Waals surface area contributed by atoms with Gasteiger partial charge in [0.05, 0.1) is 6.04 Å². The van der Waals surface area contributed by atoms with Gasteiger partial charge in [-0.1, -0.05) is 12.8 Å². The van der Waals surface area contributed by atoms with Crippen molar-refractivity contribution in [1.29, 1.82) is 0 Å². The van der Waals surface area contributed by atoms with Crippen LogP contribution < -0.4 is 5.32 Å². The molecule has 1 amide bonds. The number of hydrogen-bond donors (Lipinski definition) is 1. The zero-order valence-corrected chi connectivity index (χ0v) is 10.5. The largest absolute Gasteiger partial charge is 0.338 e. The Morgan fingerprint density at radius 3 is 2.94 bits per heavy atom. The Kier molecular flexibility index (Phi) is 3.11. The maximum absolute atomic E-state index is 12.4. The second kappa shape index (κ2) is 4.57. The second-order valence-corrected chi connectivity index (χ2v) is 6.23. The Balaban J connectivity index is 1.67. The summed E-state index contributed by atoms with van der Waals surface area (Å²) in [6.07, 6.45) is 6.53. The number of nitrogens with one attached hydrogen (secondary N) is 1. The van der Waals surface area contributed by atoms with Crippen LogP contribution in [0, 0.1) is 5.92 Å². The Hall–Kier alpha value is -0.220. The van der Waals surface area contributed by atoms with Crippen molar-refractivity contribution >= 4 is 17.7 Å². The number of amides is 1. The third-order valence-electron chi connectivity index (χ3n) is 4.31. The molecule has 3 aliphatic rings. The summed E-state index contributed by atoms with van der Waals surface area (Å²) in [6, 6.07) is 0.680. The van der Waals surface area contributed by atoms with Crippen LogP contribution in [0.5, 0.6) is 0 Å². The lowest BCUT2D eigenvalue weighted by Gasteiger charge is -2.33. The zero-order chi connectivity index (χ0) is 11.0. The number of carbonyl (C=O) groups excluding carboxylic acids is 1. The van der Waals surface area contributed by atoms with Gasteiger partial charge >= 0.3 is 0 Å². The van der Waals surface area contributed by atoms with Crippen molar-refractivity contribution in [2.45, 2.75) is 44.2 Å². The van der Waals surface area contributed by atoms with Crippen LogP contribution in [0.3, 0.4) is 0 Å². The van der Waals surface area contributed by atoms with Crippen LogP contribution >= 0.6 is 11.8 Å². The fourth-order valence-corrected chi connectivity index (χ4v) is 4.37. The predicted molar refractivity (Wildman–Crippen MR) is 66.3 cm³/mol. The van der Waals surface area contributed by atoms with Gasteiger partial charge in [-0.15, -0.1) is 11.8 Å². The van der Waals surface area contributed by atoms with E-state index < -0.39 is 0 Å². The molecule has 2 aliphatic heterocycles. The van der Waals surface area contributed by atoms with Crippen molar-refractivity contribution < 1.29 is 4.79 Å². The Morgan fingerprint density at radius 2 is 2.12 bits per heavy atom. The van der Waals surface area contributed by atoms with E-state index in [0.717, 1.165) is 24.1 Å². The molecule has 3 rings (SSSR count). The van der Waals surface area contributed by atoms with E-state index in [-0.39, 0.29) is 6.04 Å². The minimum Gasteiger partial charge on any atom is -0.338 e. The molecule has 0 radical (unpaired) electrons. The maximum atomic E-state index is 12.4. The van der Waals surface area contributed by atoms with Crippen molar-refractivity contribution in [3.05, 3.63) is 0 Å². The number of likely N-dealkylation sites (tertiary alicyclic amines) is 1. The highest BCUT2D eigenvalue weighted by atomic mass is 32.2. The smallest absolute Gasteiger partial charge is 0.240 e. The molecule has 3 unspecified atom stereocenters. The van der Waals surface area contributed by atoms with E-state index in [4.69, 9.17) is 0 Å². The molecule has 0 bridgehead atoms. The van der Waals surface area contributed by atoms with E-state index in [9.17, 15) is 4.79 Å². The highest BCUT2D eigenvalue weighted by Gasteiger charge is 2.40. The molecule has 90 valence electrons. The van der Waals surface area contributed by atoms with E-state index in [1.165, 1.54) is 32.1 Å². The lowest BCUT2D eigenvalue weighted by molar-refractivity contribution is -0.134. The molecule has 0 spiro atoms. The van der Waals surface area contributed by atoms with Crippen LogP contribution in [0.1, 0.15) is 32.1 Å². The average molecular weight is 240 g/mol. The van der Waals surface area contributed by atoms with Gasteiger partial charge in [-0.25, -0.2) is 0 Å². The number of carbonyl (C=O) groups is 1. The van der Waals surface area contributed by atoms with Gasteiger partial charge < -0.3 is 4.90 Å². The fraction of sp³-hybridized carbons (Fsp3) is 0.917. The van der Waals surface area contributed by atoms with Gasteiger partial charge in [-0.3, -0.25) is 10.1 Å². The van der Waals surface area contributed by atoms with Gasteiger partial charge in [0, 0.05) is 24.2 Å². The summed E-state index contributed by atoms with van der Waals surface area (Å²) >= 11 is 1.84. The third kappa shape index (κ3) is 1.86. The van der Waals surface area contributed by atoms with Crippen LogP contribution in [0.25, 0.3) is 0 Å². The molecule has 4 heteroatoms. The van der Waals surface area contributed by atoms with Crippen molar-refractivity contribution in [3.63, 3.8) is 0 Å². The Morgan fingerprint density at radius 1 is 1.25 bits per heavy atom. The van der Waals surface area contributed by atoms with Gasteiger partial charge in [0.1, 0.15) is 0 Å². The van der Waals surface area contributed by atoms with Crippen molar-refractivity contribution in [2.24, 2.45) is 5.92 Å². The minimum absolute atomic E-state index is 0.102. The molecule has 3 fully saturated rings. The number of fused-ring (bicyclic) bond motifs is 1. The monoisotopic (exact) mass is 240 g/mol. The summed E-state index contributed by atoms with van der Waals surface area (Å²) in [6.45, 7) is 1.01. The topological polar surface area (TPSA) is 32.3 Å². The number of hydrogen-bond acceptors (Lipinski definition) is 3. The molecule has 16 heavy (non-hydrogen) atoms. The van der Waals surface area contributed by atoms with Gasteiger partial charge in [0.15, 0.2) is 0 Å². The van der Waals surface area contributed by atoms with Gasteiger partial charge in [-0.05, 0) is 25.2 Å². The first-order valence-corrected chi connectivity index (χ1v) is 7.63. The fourth-order valence-electron chi connectivity index (χ4n) is 3.43. The summed E-state index contributed by atoms with van der Waals surface area (Å²) in [5.41, 5.74) is 0. The first kappa shape index (κ1) is 10.9. The molecule has 1 aliphatic carbocycles. The molecule has 0 aromatic heterocycles. The highest BCUT2D eigenvalue weighted by Crippen LogP contribution is 2.36. The first-order chi connectivity index (χ1) is 7.86.